The molecule has 0 aliphatic heterocycles. The van der Waals surface area contributed by atoms with E-state index in [1.54, 1.807) is 0 Å². The quantitative estimate of drug-likeness (QED) is 0.639. The summed E-state index contributed by atoms with van der Waals surface area (Å²) in [5, 5.41) is 7.74. The van der Waals surface area contributed by atoms with Crippen molar-refractivity contribution in [2.24, 2.45) is 5.73 Å². The molecule has 3 N–H and O–H groups in total. The van der Waals surface area contributed by atoms with Crippen LogP contribution < -0.4 is 5.73 Å². The molecule has 0 aliphatic rings. The summed E-state index contributed by atoms with van der Waals surface area (Å²) in [5.74, 6) is -7.16. The average Bonchev–Trinajstić information content (AvgIpc) is 2.20. The highest BCUT2D eigenvalue weighted by Gasteiger charge is 2.28. The van der Waals surface area contributed by atoms with E-state index < -0.39 is 46.5 Å². The van der Waals surface area contributed by atoms with Crippen molar-refractivity contribution in [3.8, 4) is 0 Å². The molecule has 0 aliphatic carbocycles. The second-order valence-electron chi connectivity index (χ2n) is 3.01. The molecule has 0 bridgehead atoms. The molecular formula is C9H7ClF3NO2. The Bertz CT molecular complexity index is 439. The van der Waals surface area contributed by atoms with E-state index in [2.05, 4.69) is 0 Å². The van der Waals surface area contributed by atoms with Gasteiger partial charge in [-0.3, -0.25) is 4.79 Å². The van der Waals surface area contributed by atoms with Crippen LogP contribution in [0.5, 0.6) is 0 Å². The Morgan fingerprint density at radius 1 is 1.44 bits per heavy atom. The van der Waals surface area contributed by atoms with Gasteiger partial charge in [0.25, 0.3) is 0 Å². The van der Waals surface area contributed by atoms with Gasteiger partial charge in [-0.1, -0.05) is 11.6 Å². The molecule has 0 amide bonds. The predicted molar refractivity (Wildman–Crippen MR) is 50.8 cm³/mol. The molecule has 0 heterocycles. The zero-order chi connectivity index (χ0) is 12.5. The minimum atomic E-state index is -1.60. The summed E-state index contributed by atoms with van der Waals surface area (Å²) < 4.78 is 39.4. The molecule has 0 aromatic heterocycles. The Morgan fingerprint density at radius 2 is 2.00 bits per heavy atom. The van der Waals surface area contributed by atoms with Crippen molar-refractivity contribution in [2.45, 2.75) is 5.92 Å². The van der Waals surface area contributed by atoms with E-state index in [1.165, 1.54) is 0 Å². The maximum atomic E-state index is 13.4. The summed E-state index contributed by atoms with van der Waals surface area (Å²) in [6, 6.07) is 0.326. The van der Waals surface area contributed by atoms with Crippen LogP contribution in [0.2, 0.25) is 5.02 Å². The smallest absolute Gasteiger partial charge is 0.312 e. The zero-order valence-corrected chi connectivity index (χ0v) is 8.56. The van der Waals surface area contributed by atoms with Crippen LogP contribution in [-0.2, 0) is 4.79 Å². The second-order valence-corrected chi connectivity index (χ2v) is 3.39. The van der Waals surface area contributed by atoms with Crippen molar-refractivity contribution in [3.63, 3.8) is 0 Å². The predicted octanol–water partition coefficient (Wildman–Crippen LogP) is 1.88. The van der Waals surface area contributed by atoms with Gasteiger partial charge in [0.2, 0.25) is 0 Å². The van der Waals surface area contributed by atoms with Crippen LogP contribution in [0.15, 0.2) is 6.07 Å². The molecule has 0 radical (unpaired) electrons. The summed E-state index contributed by atoms with van der Waals surface area (Å²) >= 11 is 5.21. The van der Waals surface area contributed by atoms with Gasteiger partial charge in [0.15, 0.2) is 5.82 Å². The summed E-state index contributed by atoms with van der Waals surface area (Å²) in [5.41, 5.74) is 4.25. The van der Waals surface area contributed by atoms with Crippen molar-refractivity contribution in [1.82, 2.24) is 0 Å². The number of rotatable bonds is 3. The van der Waals surface area contributed by atoms with Crippen LogP contribution in [-0.4, -0.2) is 17.6 Å². The van der Waals surface area contributed by atoms with E-state index in [4.69, 9.17) is 22.4 Å². The molecule has 0 spiro atoms. The molecular weight excluding hydrogens is 247 g/mol. The van der Waals surface area contributed by atoms with Gasteiger partial charge in [0, 0.05) is 18.2 Å². The summed E-state index contributed by atoms with van der Waals surface area (Å²) in [4.78, 5) is 10.7. The van der Waals surface area contributed by atoms with Gasteiger partial charge in [-0.2, -0.15) is 0 Å². The Balaban J connectivity index is 3.43. The summed E-state index contributed by atoms with van der Waals surface area (Å²) in [6.45, 7) is -0.523. The molecule has 88 valence electrons. The van der Waals surface area contributed by atoms with Crippen LogP contribution >= 0.6 is 11.6 Å². The lowest BCUT2D eigenvalue weighted by Crippen LogP contribution is -2.23. The third-order valence-corrected chi connectivity index (χ3v) is 2.38. The molecule has 1 aromatic rings. The average molecular weight is 254 g/mol. The molecule has 1 unspecified atom stereocenters. The molecule has 16 heavy (non-hydrogen) atoms. The van der Waals surface area contributed by atoms with E-state index in [0.717, 1.165) is 0 Å². The van der Waals surface area contributed by atoms with Gasteiger partial charge in [0.1, 0.15) is 16.7 Å². The first kappa shape index (κ1) is 12.8. The van der Waals surface area contributed by atoms with E-state index >= 15 is 0 Å². The number of hydrogen-bond donors (Lipinski definition) is 2. The van der Waals surface area contributed by atoms with Crippen LogP contribution in [0, 0.1) is 17.5 Å². The molecule has 0 saturated carbocycles. The minimum Gasteiger partial charge on any atom is -0.481 e. The Morgan fingerprint density at radius 3 is 2.44 bits per heavy atom. The number of hydrogen-bond acceptors (Lipinski definition) is 2. The SMILES string of the molecule is NCC(C(=O)O)c1c(F)cc(F)c(Cl)c1F. The molecule has 1 aromatic carbocycles. The summed E-state index contributed by atoms with van der Waals surface area (Å²) in [6.07, 6.45) is 0. The maximum absolute atomic E-state index is 13.4. The molecule has 7 heteroatoms. The third kappa shape index (κ3) is 2.12. The van der Waals surface area contributed by atoms with Crippen molar-refractivity contribution in [3.05, 3.63) is 34.1 Å². The molecule has 0 saturated heterocycles. The normalized spacial score (nSPS) is 12.6. The lowest BCUT2D eigenvalue weighted by molar-refractivity contribution is -0.138. The van der Waals surface area contributed by atoms with Crippen LogP contribution in [0.25, 0.3) is 0 Å². The van der Waals surface area contributed by atoms with Gasteiger partial charge >= 0.3 is 5.97 Å². The number of halogens is 4. The minimum absolute atomic E-state index is 0.326. The number of aliphatic carboxylic acids is 1. The number of nitrogens with two attached hydrogens (primary N) is 1. The Kier molecular flexibility index (Phi) is 3.77. The van der Waals surface area contributed by atoms with Crippen LogP contribution in [0.1, 0.15) is 11.5 Å². The van der Waals surface area contributed by atoms with E-state index in [1.807, 2.05) is 0 Å². The number of benzene rings is 1. The molecule has 0 fully saturated rings. The maximum Gasteiger partial charge on any atom is 0.312 e. The number of carbonyl (C=O) groups is 1. The Hall–Kier alpha value is -1.27. The van der Waals surface area contributed by atoms with E-state index in [0.29, 0.717) is 6.07 Å². The summed E-state index contributed by atoms with van der Waals surface area (Å²) in [7, 11) is 0. The number of carboxylic acids is 1. The van der Waals surface area contributed by atoms with Crippen LogP contribution in [0.4, 0.5) is 13.2 Å². The van der Waals surface area contributed by atoms with Crippen LogP contribution in [0.3, 0.4) is 0 Å². The highest BCUT2D eigenvalue weighted by molar-refractivity contribution is 6.31. The first-order valence-corrected chi connectivity index (χ1v) is 4.53. The highest BCUT2D eigenvalue weighted by atomic mass is 35.5. The lowest BCUT2D eigenvalue weighted by Gasteiger charge is -2.13. The highest BCUT2D eigenvalue weighted by Crippen LogP contribution is 2.29. The first-order chi connectivity index (χ1) is 7.40. The van der Waals surface area contributed by atoms with Gasteiger partial charge in [-0.15, -0.1) is 0 Å². The fourth-order valence-corrected chi connectivity index (χ4v) is 1.40. The molecule has 3 nitrogen and oxygen atoms in total. The van der Waals surface area contributed by atoms with Gasteiger partial charge < -0.3 is 10.8 Å². The van der Waals surface area contributed by atoms with Gasteiger partial charge in [0.05, 0.1) is 5.92 Å². The second kappa shape index (κ2) is 4.71. The van der Waals surface area contributed by atoms with E-state index in [-0.39, 0.29) is 0 Å². The largest absolute Gasteiger partial charge is 0.481 e. The van der Waals surface area contributed by atoms with Crippen molar-refractivity contribution >= 4 is 17.6 Å². The van der Waals surface area contributed by atoms with Crippen molar-refractivity contribution < 1.29 is 23.1 Å². The third-order valence-electron chi connectivity index (χ3n) is 2.03. The lowest BCUT2D eigenvalue weighted by atomic mass is 9.98. The first-order valence-electron chi connectivity index (χ1n) is 4.15. The van der Waals surface area contributed by atoms with Crippen molar-refractivity contribution in [1.29, 1.82) is 0 Å². The monoisotopic (exact) mass is 253 g/mol. The molecule has 1 atom stereocenters. The van der Waals surface area contributed by atoms with Gasteiger partial charge in [-0.25, -0.2) is 13.2 Å². The fourth-order valence-electron chi connectivity index (χ4n) is 1.24. The number of carboxylic acid groups (broad SMARTS) is 1. The van der Waals surface area contributed by atoms with Gasteiger partial charge in [-0.05, 0) is 0 Å². The Labute approximate surface area is 93.6 Å². The zero-order valence-electron chi connectivity index (χ0n) is 7.81. The topological polar surface area (TPSA) is 63.3 Å². The fraction of sp³-hybridized carbons (Fsp3) is 0.222. The standard InChI is InChI=1S/C9H7ClF3NO2/c10-7-5(12)1-4(11)6(8(7)13)3(2-14)9(15)16/h1,3H,2,14H2,(H,15,16). The van der Waals surface area contributed by atoms with Crippen molar-refractivity contribution in [2.75, 3.05) is 6.54 Å². The van der Waals surface area contributed by atoms with E-state index in [9.17, 15) is 18.0 Å². The molecule has 1 rings (SSSR count).